The Morgan fingerprint density at radius 1 is 1.27 bits per heavy atom. The van der Waals surface area contributed by atoms with E-state index in [1.165, 1.54) is 18.1 Å². The second kappa shape index (κ2) is 7.60. The Kier molecular flexibility index (Phi) is 6.37. The summed E-state index contributed by atoms with van der Waals surface area (Å²) in [5.41, 5.74) is -0.246. The van der Waals surface area contributed by atoms with Crippen LogP contribution in [0.2, 0.25) is 0 Å². The van der Waals surface area contributed by atoms with Crippen LogP contribution >= 0.6 is 0 Å². The molecular formula is C15H21F3N2O2. The summed E-state index contributed by atoms with van der Waals surface area (Å²) in [6.07, 6.45) is -4.40. The molecule has 7 heteroatoms. The van der Waals surface area contributed by atoms with Crippen molar-refractivity contribution in [2.24, 2.45) is 0 Å². The Hall–Kier alpha value is -1.60. The molecule has 1 amide bonds. The van der Waals surface area contributed by atoms with E-state index in [2.05, 4.69) is 0 Å². The van der Waals surface area contributed by atoms with Gasteiger partial charge in [0.15, 0.2) is 0 Å². The summed E-state index contributed by atoms with van der Waals surface area (Å²) in [7, 11) is 6.42. The number of likely N-dealkylation sites (N-methyl/N-ethyl adjacent to an activating group) is 2. The topological polar surface area (TPSA) is 32.8 Å². The minimum absolute atomic E-state index is 0.0945. The van der Waals surface area contributed by atoms with E-state index < -0.39 is 17.8 Å². The van der Waals surface area contributed by atoms with Crippen LogP contribution in [0, 0.1) is 0 Å². The standard InChI is InChI=1S/C15H21F3N2O2/c1-19(2)14(21)9-20(3)13(10-22-4)11-6-5-7-12(8-11)15(16,17)18/h5-8,13H,9-10H2,1-4H3/t13-/m1/s1. The molecule has 0 aliphatic heterocycles. The lowest BCUT2D eigenvalue weighted by molar-refractivity contribution is -0.137. The normalized spacial score (nSPS) is 13.3. The SMILES string of the molecule is COC[C@H](c1cccc(C(F)(F)F)c1)N(C)CC(=O)N(C)C. The largest absolute Gasteiger partial charge is 0.416 e. The molecule has 0 saturated carbocycles. The van der Waals surface area contributed by atoms with Gasteiger partial charge in [-0.25, -0.2) is 0 Å². The molecule has 1 rings (SSSR count). The molecule has 4 nitrogen and oxygen atoms in total. The average Bonchev–Trinajstić information content (AvgIpc) is 2.43. The predicted octanol–water partition coefficient (Wildman–Crippen LogP) is 2.41. The van der Waals surface area contributed by atoms with Crippen molar-refractivity contribution in [3.63, 3.8) is 0 Å². The van der Waals surface area contributed by atoms with Crippen molar-refractivity contribution in [3.8, 4) is 0 Å². The number of benzene rings is 1. The Bertz CT molecular complexity index is 504. The number of halogens is 3. The number of carbonyl (C=O) groups is 1. The number of methoxy groups -OCH3 is 1. The van der Waals surface area contributed by atoms with Crippen LogP contribution in [0.4, 0.5) is 13.2 Å². The van der Waals surface area contributed by atoms with Gasteiger partial charge in [0.25, 0.3) is 0 Å². The fourth-order valence-electron chi connectivity index (χ4n) is 2.02. The van der Waals surface area contributed by atoms with Gasteiger partial charge in [0.1, 0.15) is 0 Å². The highest BCUT2D eigenvalue weighted by Gasteiger charge is 2.31. The monoisotopic (exact) mass is 318 g/mol. The maximum absolute atomic E-state index is 12.8. The van der Waals surface area contributed by atoms with Crippen molar-refractivity contribution in [1.82, 2.24) is 9.80 Å². The van der Waals surface area contributed by atoms with Crippen LogP contribution < -0.4 is 0 Å². The van der Waals surface area contributed by atoms with Crippen LogP contribution in [-0.2, 0) is 15.7 Å². The number of nitrogens with zero attached hydrogens (tertiary/aromatic N) is 2. The first kappa shape index (κ1) is 18.4. The molecule has 0 aromatic heterocycles. The fourth-order valence-corrected chi connectivity index (χ4v) is 2.02. The Balaban J connectivity index is 3.02. The lowest BCUT2D eigenvalue weighted by atomic mass is 10.0. The van der Waals surface area contributed by atoms with Crippen molar-refractivity contribution in [2.75, 3.05) is 41.4 Å². The van der Waals surface area contributed by atoms with Crippen molar-refractivity contribution in [1.29, 1.82) is 0 Å². The third kappa shape index (κ3) is 4.99. The van der Waals surface area contributed by atoms with Crippen LogP contribution in [0.5, 0.6) is 0 Å². The third-order valence-electron chi connectivity index (χ3n) is 3.34. The molecule has 0 saturated heterocycles. The molecule has 0 N–H and O–H groups in total. The van der Waals surface area contributed by atoms with Gasteiger partial charge in [-0.15, -0.1) is 0 Å². The predicted molar refractivity (Wildman–Crippen MR) is 77.4 cm³/mol. The molecule has 0 radical (unpaired) electrons. The van der Waals surface area contributed by atoms with E-state index in [4.69, 9.17) is 4.74 Å². The van der Waals surface area contributed by atoms with Gasteiger partial charge < -0.3 is 9.64 Å². The average molecular weight is 318 g/mol. The van der Waals surface area contributed by atoms with Gasteiger partial charge in [-0.1, -0.05) is 12.1 Å². The smallest absolute Gasteiger partial charge is 0.383 e. The number of ether oxygens (including phenoxy) is 1. The molecule has 0 aliphatic rings. The van der Waals surface area contributed by atoms with Crippen molar-refractivity contribution >= 4 is 5.91 Å². The van der Waals surface area contributed by atoms with Crippen LogP contribution in [-0.4, -0.2) is 57.1 Å². The summed E-state index contributed by atoms with van der Waals surface area (Å²) in [5.74, 6) is -0.129. The fraction of sp³-hybridized carbons (Fsp3) is 0.533. The van der Waals surface area contributed by atoms with E-state index in [9.17, 15) is 18.0 Å². The van der Waals surface area contributed by atoms with E-state index in [0.717, 1.165) is 12.1 Å². The number of hydrogen-bond donors (Lipinski definition) is 0. The van der Waals surface area contributed by atoms with Crippen LogP contribution in [0.1, 0.15) is 17.2 Å². The summed E-state index contributed by atoms with van der Waals surface area (Å²) < 4.78 is 43.6. The van der Waals surface area contributed by atoms with E-state index in [1.54, 1.807) is 32.1 Å². The molecule has 22 heavy (non-hydrogen) atoms. The Morgan fingerprint density at radius 2 is 1.91 bits per heavy atom. The number of hydrogen-bond acceptors (Lipinski definition) is 3. The summed E-state index contributed by atoms with van der Waals surface area (Å²) in [6, 6.07) is 4.66. The molecule has 1 aromatic rings. The Morgan fingerprint density at radius 3 is 2.41 bits per heavy atom. The quantitative estimate of drug-likeness (QED) is 0.807. The van der Waals surface area contributed by atoms with Gasteiger partial charge in [0.05, 0.1) is 24.8 Å². The summed E-state index contributed by atoms with van der Waals surface area (Å²) >= 11 is 0. The van der Waals surface area contributed by atoms with Gasteiger partial charge in [0, 0.05) is 21.2 Å². The van der Waals surface area contributed by atoms with Crippen molar-refractivity contribution in [3.05, 3.63) is 35.4 Å². The third-order valence-corrected chi connectivity index (χ3v) is 3.34. The molecule has 0 bridgehead atoms. The molecular weight excluding hydrogens is 297 g/mol. The summed E-state index contributed by atoms with van der Waals surface area (Å²) in [6.45, 7) is 0.287. The Labute approximate surface area is 128 Å². The van der Waals surface area contributed by atoms with E-state index >= 15 is 0 Å². The van der Waals surface area contributed by atoms with E-state index in [-0.39, 0.29) is 19.1 Å². The molecule has 124 valence electrons. The maximum atomic E-state index is 12.8. The number of amides is 1. The highest BCUT2D eigenvalue weighted by atomic mass is 19.4. The zero-order chi connectivity index (χ0) is 16.9. The highest BCUT2D eigenvalue weighted by Crippen LogP contribution is 2.31. The number of alkyl halides is 3. The minimum atomic E-state index is -4.40. The summed E-state index contributed by atoms with van der Waals surface area (Å²) in [5, 5.41) is 0. The van der Waals surface area contributed by atoms with Gasteiger partial charge in [0.2, 0.25) is 5.91 Å². The maximum Gasteiger partial charge on any atom is 0.416 e. The first-order valence-electron chi connectivity index (χ1n) is 6.73. The van der Waals surface area contributed by atoms with Gasteiger partial charge >= 0.3 is 6.18 Å². The molecule has 1 aromatic carbocycles. The zero-order valence-corrected chi connectivity index (χ0v) is 13.1. The summed E-state index contributed by atoms with van der Waals surface area (Å²) in [4.78, 5) is 14.9. The zero-order valence-electron chi connectivity index (χ0n) is 13.1. The van der Waals surface area contributed by atoms with Crippen LogP contribution in [0.3, 0.4) is 0 Å². The number of carbonyl (C=O) groups excluding carboxylic acids is 1. The second-order valence-corrected chi connectivity index (χ2v) is 5.30. The second-order valence-electron chi connectivity index (χ2n) is 5.30. The van der Waals surface area contributed by atoms with Gasteiger partial charge in [-0.05, 0) is 24.7 Å². The molecule has 1 atom stereocenters. The molecule has 0 unspecified atom stereocenters. The van der Waals surface area contributed by atoms with Crippen LogP contribution in [0.25, 0.3) is 0 Å². The lowest BCUT2D eigenvalue weighted by Gasteiger charge is -2.28. The van der Waals surface area contributed by atoms with Crippen molar-refractivity contribution < 1.29 is 22.7 Å². The van der Waals surface area contributed by atoms with Crippen LogP contribution in [0.15, 0.2) is 24.3 Å². The van der Waals surface area contributed by atoms with Gasteiger partial charge in [-0.2, -0.15) is 13.2 Å². The lowest BCUT2D eigenvalue weighted by Crippen LogP contribution is -2.38. The van der Waals surface area contributed by atoms with E-state index in [1.807, 2.05) is 0 Å². The highest BCUT2D eigenvalue weighted by molar-refractivity contribution is 5.77. The molecule has 0 heterocycles. The van der Waals surface area contributed by atoms with Crippen molar-refractivity contribution in [2.45, 2.75) is 12.2 Å². The molecule has 0 aliphatic carbocycles. The molecule has 0 fully saturated rings. The minimum Gasteiger partial charge on any atom is -0.383 e. The first-order valence-corrected chi connectivity index (χ1v) is 6.73. The van der Waals surface area contributed by atoms with Gasteiger partial charge in [-0.3, -0.25) is 9.69 Å². The number of rotatable bonds is 6. The first-order chi connectivity index (χ1) is 10.2. The molecule has 0 spiro atoms. The van der Waals surface area contributed by atoms with E-state index in [0.29, 0.717) is 5.56 Å².